The van der Waals surface area contributed by atoms with Gasteiger partial charge in [0.2, 0.25) is 5.91 Å². The minimum atomic E-state index is -0.579. The van der Waals surface area contributed by atoms with Crippen LogP contribution in [0, 0.1) is 12.8 Å². The number of ether oxygens (including phenoxy) is 1. The van der Waals surface area contributed by atoms with Crippen molar-refractivity contribution in [2.75, 3.05) is 39.8 Å². The Hall–Kier alpha value is -2.87. The molecule has 2 aliphatic heterocycles. The number of rotatable bonds is 6. The fraction of sp³-hybridized carbons (Fsp3) is 0.560. The molecule has 1 aromatic rings. The molecule has 0 aromatic heterocycles. The average molecular weight is 457 g/mol. The van der Waals surface area contributed by atoms with E-state index >= 15 is 0 Å². The lowest BCUT2D eigenvalue weighted by atomic mass is 9.91. The number of benzene rings is 1. The van der Waals surface area contributed by atoms with E-state index in [4.69, 9.17) is 4.74 Å². The molecular weight excluding hydrogens is 420 g/mol. The van der Waals surface area contributed by atoms with Gasteiger partial charge >= 0.3 is 12.0 Å². The summed E-state index contributed by atoms with van der Waals surface area (Å²) in [6.45, 7) is 12.3. The van der Waals surface area contributed by atoms with Crippen LogP contribution < -0.4 is 5.32 Å². The summed E-state index contributed by atoms with van der Waals surface area (Å²) in [6.07, 6.45) is 0. The zero-order valence-corrected chi connectivity index (χ0v) is 20.6. The van der Waals surface area contributed by atoms with Crippen molar-refractivity contribution in [3.63, 3.8) is 0 Å². The Kier molecular flexibility index (Phi) is 7.79. The first-order valence-corrected chi connectivity index (χ1v) is 11.7. The van der Waals surface area contributed by atoms with Crippen molar-refractivity contribution in [2.24, 2.45) is 5.92 Å². The molecule has 2 atom stereocenters. The molecule has 2 aliphatic rings. The molecule has 1 saturated heterocycles. The maximum absolute atomic E-state index is 13.1. The minimum absolute atomic E-state index is 0.0415. The quantitative estimate of drug-likeness (QED) is 0.666. The summed E-state index contributed by atoms with van der Waals surface area (Å²) in [7, 11) is 1.68. The highest BCUT2D eigenvalue weighted by Gasteiger charge is 2.38. The van der Waals surface area contributed by atoms with Gasteiger partial charge in [-0.1, -0.05) is 38.1 Å². The molecule has 0 spiro atoms. The number of urea groups is 1. The number of nitrogens with one attached hydrogen (secondary N) is 1. The molecule has 2 heterocycles. The van der Waals surface area contributed by atoms with Gasteiger partial charge in [-0.2, -0.15) is 0 Å². The lowest BCUT2D eigenvalue weighted by molar-refractivity contribution is -0.139. The third kappa shape index (κ3) is 5.21. The Morgan fingerprint density at radius 2 is 1.91 bits per heavy atom. The van der Waals surface area contributed by atoms with Crippen molar-refractivity contribution in [3.05, 3.63) is 46.7 Å². The molecular formula is C25H36N4O4. The van der Waals surface area contributed by atoms with Crippen LogP contribution in [0.1, 0.15) is 44.9 Å². The van der Waals surface area contributed by atoms with E-state index in [9.17, 15) is 14.4 Å². The Balaban J connectivity index is 1.95. The minimum Gasteiger partial charge on any atom is -0.463 e. The second-order valence-electron chi connectivity index (χ2n) is 9.15. The van der Waals surface area contributed by atoms with Gasteiger partial charge < -0.3 is 15.0 Å². The maximum Gasteiger partial charge on any atom is 0.338 e. The zero-order chi connectivity index (χ0) is 24.3. The summed E-state index contributed by atoms with van der Waals surface area (Å²) in [6, 6.07) is 6.95. The van der Waals surface area contributed by atoms with Crippen molar-refractivity contribution in [3.8, 4) is 0 Å². The highest BCUT2D eigenvalue weighted by molar-refractivity contribution is 5.95. The van der Waals surface area contributed by atoms with Crippen LogP contribution in [0.5, 0.6) is 0 Å². The van der Waals surface area contributed by atoms with Crippen LogP contribution in [0.2, 0.25) is 0 Å². The summed E-state index contributed by atoms with van der Waals surface area (Å²) < 4.78 is 5.43. The summed E-state index contributed by atoms with van der Waals surface area (Å²) in [5.41, 5.74) is 2.96. The van der Waals surface area contributed by atoms with Crippen LogP contribution in [0.3, 0.4) is 0 Å². The molecule has 3 amide bonds. The molecule has 1 fully saturated rings. The van der Waals surface area contributed by atoms with Crippen molar-refractivity contribution in [2.45, 2.75) is 46.7 Å². The molecule has 0 saturated carbocycles. The Morgan fingerprint density at radius 3 is 2.52 bits per heavy atom. The number of likely N-dealkylation sites (N-methyl/N-ethyl adjacent to an activating group) is 1. The van der Waals surface area contributed by atoms with Gasteiger partial charge in [0.15, 0.2) is 0 Å². The molecule has 2 unspecified atom stereocenters. The number of hydrogen-bond acceptors (Lipinski definition) is 5. The molecule has 1 N–H and O–H groups in total. The van der Waals surface area contributed by atoms with Crippen LogP contribution in [0.4, 0.5) is 4.79 Å². The maximum atomic E-state index is 13.1. The van der Waals surface area contributed by atoms with Crippen molar-refractivity contribution < 1.29 is 19.1 Å². The van der Waals surface area contributed by atoms with Crippen molar-refractivity contribution >= 4 is 17.9 Å². The van der Waals surface area contributed by atoms with Gasteiger partial charge in [0.1, 0.15) is 0 Å². The highest BCUT2D eigenvalue weighted by atomic mass is 16.5. The molecule has 3 rings (SSSR count). The Labute approximate surface area is 196 Å². The third-order valence-electron chi connectivity index (χ3n) is 6.43. The monoisotopic (exact) mass is 456 g/mol. The molecule has 1 aromatic carbocycles. The lowest BCUT2D eigenvalue weighted by Crippen LogP contribution is -2.56. The Morgan fingerprint density at radius 1 is 1.21 bits per heavy atom. The van der Waals surface area contributed by atoms with Crippen LogP contribution in [-0.4, -0.2) is 78.5 Å². The molecule has 0 aliphatic carbocycles. The SMILES string of the molecule is CCOC(=O)C1=C(CN2CCN(C(=O)C(C)C)C(C)C2)N(C)C(=O)NC1c1ccccc1C. The first-order valence-electron chi connectivity index (χ1n) is 11.7. The number of aryl methyl sites for hydroxylation is 1. The number of hydrogen-bond donors (Lipinski definition) is 1. The number of piperazine rings is 1. The summed E-state index contributed by atoms with van der Waals surface area (Å²) in [5.74, 6) is -0.309. The van der Waals surface area contributed by atoms with Gasteiger partial charge in [-0.3, -0.25) is 14.6 Å². The number of carbonyl (C=O) groups is 3. The average Bonchev–Trinajstić information content (AvgIpc) is 2.77. The van der Waals surface area contributed by atoms with Crippen LogP contribution in [0.25, 0.3) is 0 Å². The predicted molar refractivity (Wildman–Crippen MR) is 126 cm³/mol. The molecule has 8 nitrogen and oxygen atoms in total. The normalized spacial score (nSPS) is 22.0. The molecule has 0 radical (unpaired) electrons. The largest absolute Gasteiger partial charge is 0.463 e. The number of nitrogens with zero attached hydrogens (tertiary/aromatic N) is 3. The standard InChI is InChI=1S/C25H36N4O4/c1-7-33-24(31)21-20(15-28-12-13-29(18(5)14-28)23(30)16(2)3)27(6)25(32)26-22(21)19-11-9-8-10-17(19)4/h8-11,16,18,22H,7,12-15H2,1-6H3,(H,26,32). The van der Waals surface area contributed by atoms with Gasteiger partial charge in [-0.25, -0.2) is 9.59 Å². The predicted octanol–water partition coefficient (Wildman–Crippen LogP) is 2.70. The number of carbonyl (C=O) groups excluding carboxylic acids is 3. The third-order valence-corrected chi connectivity index (χ3v) is 6.43. The first kappa shape index (κ1) is 24.8. The van der Waals surface area contributed by atoms with Crippen molar-refractivity contribution in [1.82, 2.24) is 20.0 Å². The summed E-state index contributed by atoms with van der Waals surface area (Å²) in [4.78, 5) is 44.2. The topological polar surface area (TPSA) is 82.2 Å². The fourth-order valence-electron chi connectivity index (χ4n) is 4.59. The lowest BCUT2D eigenvalue weighted by Gasteiger charge is -2.43. The van der Waals surface area contributed by atoms with Gasteiger partial charge in [-0.05, 0) is 31.9 Å². The highest BCUT2D eigenvalue weighted by Crippen LogP contribution is 2.33. The van der Waals surface area contributed by atoms with Crippen LogP contribution in [-0.2, 0) is 14.3 Å². The second-order valence-corrected chi connectivity index (χ2v) is 9.15. The molecule has 180 valence electrons. The van der Waals surface area contributed by atoms with E-state index in [0.29, 0.717) is 37.4 Å². The van der Waals surface area contributed by atoms with E-state index in [1.165, 1.54) is 4.90 Å². The van der Waals surface area contributed by atoms with E-state index in [-0.39, 0.29) is 30.5 Å². The van der Waals surface area contributed by atoms with Crippen LogP contribution >= 0.6 is 0 Å². The van der Waals surface area contributed by atoms with Crippen molar-refractivity contribution in [1.29, 1.82) is 0 Å². The van der Waals surface area contributed by atoms with Gasteiger partial charge in [-0.15, -0.1) is 0 Å². The molecule has 0 bridgehead atoms. The van der Waals surface area contributed by atoms with E-state index in [1.807, 2.05) is 56.9 Å². The summed E-state index contributed by atoms with van der Waals surface area (Å²) in [5, 5.41) is 2.98. The van der Waals surface area contributed by atoms with Gasteiger partial charge in [0.05, 0.1) is 18.2 Å². The molecule has 33 heavy (non-hydrogen) atoms. The number of esters is 1. The van der Waals surface area contributed by atoms with E-state index in [1.54, 1.807) is 14.0 Å². The van der Waals surface area contributed by atoms with Gasteiger partial charge in [0.25, 0.3) is 0 Å². The number of amides is 3. The smallest absolute Gasteiger partial charge is 0.338 e. The molecule has 8 heteroatoms. The first-order chi connectivity index (χ1) is 15.6. The van der Waals surface area contributed by atoms with E-state index < -0.39 is 12.0 Å². The van der Waals surface area contributed by atoms with Crippen LogP contribution in [0.15, 0.2) is 35.5 Å². The zero-order valence-electron chi connectivity index (χ0n) is 20.6. The Bertz CT molecular complexity index is 942. The second kappa shape index (κ2) is 10.4. The van der Waals surface area contributed by atoms with E-state index in [0.717, 1.165) is 11.1 Å². The fourth-order valence-corrected chi connectivity index (χ4v) is 4.59. The van der Waals surface area contributed by atoms with Gasteiger partial charge in [0, 0.05) is 50.9 Å². The van der Waals surface area contributed by atoms with E-state index in [2.05, 4.69) is 10.2 Å². The summed E-state index contributed by atoms with van der Waals surface area (Å²) >= 11 is 0.